The second kappa shape index (κ2) is 4.40. The molecule has 1 heterocycles. The number of carbonyl (C=O) groups is 1. The van der Waals surface area contributed by atoms with Gasteiger partial charge in [-0.15, -0.1) is 0 Å². The van der Waals surface area contributed by atoms with Crippen LogP contribution in [0.4, 0.5) is 5.69 Å². The monoisotopic (exact) mass is 318 g/mol. The fraction of sp³-hybridized carbons (Fsp3) is 0.300. The highest BCUT2D eigenvalue weighted by molar-refractivity contribution is 9.10. The zero-order chi connectivity index (χ0) is 12.6. The van der Waals surface area contributed by atoms with Gasteiger partial charge < -0.3 is 4.90 Å². The number of nitrogens with two attached hydrogens (primary N) is 1. The molecular formula is C10H11BrN2O3S. The molecule has 1 amide bonds. The average Bonchev–Trinajstić information content (AvgIpc) is 2.61. The molecule has 1 fully saturated rings. The Morgan fingerprint density at radius 3 is 2.53 bits per heavy atom. The van der Waals surface area contributed by atoms with E-state index >= 15 is 0 Å². The molecule has 1 aromatic carbocycles. The molecule has 17 heavy (non-hydrogen) atoms. The molecule has 1 aromatic rings. The molecule has 1 aliphatic rings. The first-order chi connectivity index (χ1) is 7.89. The Hall–Kier alpha value is -0.920. The summed E-state index contributed by atoms with van der Waals surface area (Å²) >= 11 is 3.33. The van der Waals surface area contributed by atoms with Crippen molar-refractivity contribution >= 4 is 37.5 Å². The molecule has 92 valence electrons. The van der Waals surface area contributed by atoms with Crippen LogP contribution in [0, 0.1) is 0 Å². The van der Waals surface area contributed by atoms with Gasteiger partial charge in [0.15, 0.2) is 0 Å². The minimum atomic E-state index is -3.67. The summed E-state index contributed by atoms with van der Waals surface area (Å²) in [5.74, 6) is -0.226. The molecule has 1 saturated heterocycles. The zero-order valence-corrected chi connectivity index (χ0v) is 11.2. The molecule has 7 heteroatoms. The van der Waals surface area contributed by atoms with E-state index in [1.54, 1.807) is 18.2 Å². The largest absolute Gasteiger partial charge is 0.310 e. The minimum Gasteiger partial charge on any atom is -0.310 e. The molecule has 2 rings (SSSR count). The highest BCUT2D eigenvalue weighted by atomic mass is 79.9. The third kappa shape index (κ3) is 2.51. The maximum atomic E-state index is 11.8. The number of benzene rings is 1. The molecule has 1 atom stereocenters. The summed E-state index contributed by atoms with van der Waals surface area (Å²) in [4.78, 5) is 13.2. The summed E-state index contributed by atoms with van der Waals surface area (Å²) in [5.41, 5.74) is 0.670. The molecule has 0 radical (unpaired) electrons. The molecule has 5 nitrogen and oxygen atoms in total. The Morgan fingerprint density at radius 2 is 2.00 bits per heavy atom. The standard InChI is InChI=1S/C10H11BrN2O3S/c11-8-3-1-2-4-9(8)13-6-7(5-10(13)14)17(12,15)16/h1-4,7H,5-6H2,(H2,12,15,16). The van der Waals surface area contributed by atoms with Gasteiger partial charge in [-0.1, -0.05) is 12.1 Å². The van der Waals surface area contributed by atoms with Gasteiger partial charge in [-0.05, 0) is 28.1 Å². The van der Waals surface area contributed by atoms with Gasteiger partial charge in [-0.25, -0.2) is 13.6 Å². The molecular weight excluding hydrogens is 308 g/mol. The van der Waals surface area contributed by atoms with E-state index in [1.165, 1.54) is 4.90 Å². The van der Waals surface area contributed by atoms with Crippen molar-refractivity contribution in [1.82, 2.24) is 0 Å². The van der Waals surface area contributed by atoms with Crippen LogP contribution >= 0.6 is 15.9 Å². The first-order valence-corrected chi connectivity index (χ1v) is 7.36. The van der Waals surface area contributed by atoms with Gasteiger partial charge in [-0.3, -0.25) is 4.79 Å². The number of sulfonamides is 1. The quantitative estimate of drug-likeness (QED) is 0.877. The van der Waals surface area contributed by atoms with Crippen LogP contribution in [0.25, 0.3) is 0 Å². The van der Waals surface area contributed by atoms with E-state index in [9.17, 15) is 13.2 Å². The Labute approximate surface area is 108 Å². The van der Waals surface area contributed by atoms with Crippen LogP contribution in [0.15, 0.2) is 28.7 Å². The van der Waals surface area contributed by atoms with Crippen LogP contribution < -0.4 is 10.0 Å². The van der Waals surface area contributed by atoms with Gasteiger partial charge in [0.1, 0.15) is 5.25 Å². The second-order valence-corrected chi connectivity index (χ2v) is 6.57. The van der Waals surface area contributed by atoms with Crippen molar-refractivity contribution < 1.29 is 13.2 Å². The van der Waals surface area contributed by atoms with E-state index < -0.39 is 15.3 Å². The first-order valence-electron chi connectivity index (χ1n) is 4.96. The zero-order valence-electron chi connectivity index (χ0n) is 8.84. The SMILES string of the molecule is NS(=O)(=O)C1CC(=O)N(c2ccccc2Br)C1. The minimum absolute atomic E-state index is 0.0554. The van der Waals surface area contributed by atoms with E-state index in [0.717, 1.165) is 4.47 Å². The smallest absolute Gasteiger partial charge is 0.228 e. The van der Waals surface area contributed by atoms with E-state index in [4.69, 9.17) is 5.14 Å². The normalized spacial score (nSPS) is 20.9. The Morgan fingerprint density at radius 1 is 1.35 bits per heavy atom. The number of nitrogens with zero attached hydrogens (tertiary/aromatic N) is 1. The third-order valence-corrected chi connectivity index (χ3v) is 4.61. The lowest BCUT2D eigenvalue weighted by Crippen LogP contribution is -2.32. The average molecular weight is 319 g/mol. The summed E-state index contributed by atoms with van der Waals surface area (Å²) < 4.78 is 23.2. The van der Waals surface area contributed by atoms with Crippen molar-refractivity contribution in [3.63, 3.8) is 0 Å². The van der Waals surface area contributed by atoms with Gasteiger partial charge in [0.25, 0.3) is 0 Å². The van der Waals surface area contributed by atoms with Gasteiger partial charge in [0.2, 0.25) is 15.9 Å². The lowest BCUT2D eigenvalue weighted by atomic mass is 10.3. The van der Waals surface area contributed by atoms with Crippen LogP contribution in [0.2, 0.25) is 0 Å². The molecule has 0 bridgehead atoms. The Kier molecular flexibility index (Phi) is 3.24. The lowest BCUT2D eigenvalue weighted by molar-refractivity contribution is -0.117. The summed E-state index contributed by atoms with van der Waals surface area (Å²) in [6.07, 6.45) is -0.0554. The number of rotatable bonds is 2. The number of para-hydroxylation sites is 1. The number of hydrogen-bond acceptors (Lipinski definition) is 3. The van der Waals surface area contributed by atoms with Crippen molar-refractivity contribution in [2.75, 3.05) is 11.4 Å². The number of hydrogen-bond donors (Lipinski definition) is 1. The van der Waals surface area contributed by atoms with Crippen LogP contribution in [0.5, 0.6) is 0 Å². The molecule has 0 aliphatic carbocycles. The van der Waals surface area contributed by atoms with Crippen LogP contribution in [-0.2, 0) is 14.8 Å². The lowest BCUT2D eigenvalue weighted by Gasteiger charge is -2.17. The molecule has 0 saturated carbocycles. The molecule has 1 aliphatic heterocycles. The van der Waals surface area contributed by atoms with Crippen molar-refractivity contribution in [2.24, 2.45) is 5.14 Å². The van der Waals surface area contributed by atoms with Crippen LogP contribution in [0.3, 0.4) is 0 Å². The van der Waals surface area contributed by atoms with Crippen molar-refractivity contribution in [3.05, 3.63) is 28.7 Å². The molecule has 0 aromatic heterocycles. The van der Waals surface area contributed by atoms with Gasteiger partial charge in [0, 0.05) is 17.4 Å². The second-order valence-electron chi connectivity index (χ2n) is 3.87. The summed E-state index contributed by atoms with van der Waals surface area (Å²) in [5, 5.41) is 4.25. The number of primary sulfonamides is 1. The summed E-state index contributed by atoms with van der Waals surface area (Å²) in [7, 11) is -3.67. The summed E-state index contributed by atoms with van der Waals surface area (Å²) in [6, 6.07) is 7.17. The number of halogens is 1. The van der Waals surface area contributed by atoms with Crippen molar-refractivity contribution in [2.45, 2.75) is 11.7 Å². The van der Waals surface area contributed by atoms with Crippen molar-refractivity contribution in [1.29, 1.82) is 0 Å². The van der Waals surface area contributed by atoms with E-state index in [-0.39, 0.29) is 18.9 Å². The molecule has 0 spiro atoms. The highest BCUT2D eigenvalue weighted by Crippen LogP contribution is 2.30. The maximum absolute atomic E-state index is 11.8. The van der Waals surface area contributed by atoms with Crippen LogP contribution in [-0.4, -0.2) is 26.1 Å². The van der Waals surface area contributed by atoms with E-state index in [0.29, 0.717) is 5.69 Å². The predicted molar refractivity (Wildman–Crippen MR) is 68.0 cm³/mol. The number of anilines is 1. The molecule has 2 N–H and O–H groups in total. The van der Waals surface area contributed by atoms with E-state index in [1.807, 2.05) is 6.07 Å². The highest BCUT2D eigenvalue weighted by Gasteiger charge is 2.37. The fourth-order valence-electron chi connectivity index (χ4n) is 1.80. The summed E-state index contributed by atoms with van der Waals surface area (Å²) in [6.45, 7) is 0.111. The Balaban J connectivity index is 2.31. The van der Waals surface area contributed by atoms with Gasteiger partial charge >= 0.3 is 0 Å². The Bertz CT molecular complexity index is 558. The van der Waals surface area contributed by atoms with E-state index in [2.05, 4.69) is 15.9 Å². The first kappa shape index (κ1) is 12.5. The third-order valence-electron chi connectivity index (χ3n) is 2.70. The van der Waals surface area contributed by atoms with Gasteiger partial charge in [-0.2, -0.15) is 0 Å². The molecule has 1 unspecified atom stereocenters. The maximum Gasteiger partial charge on any atom is 0.228 e. The van der Waals surface area contributed by atoms with Crippen molar-refractivity contribution in [3.8, 4) is 0 Å². The predicted octanol–water partition coefficient (Wildman–Crippen LogP) is 0.843. The fourth-order valence-corrected chi connectivity index (χ4v) is 3.03. The number of amides is 1. The number of carbonyl (C=O) groups excluding carboxylic acids is 1. The van der Waals surface area contributed by atoms with Crippen LogP contribution in [0.1, 0.15) is 6.42 Å². The van der Waals surface area contributed by atoms with Gasteiger partial charge in [0.05, 0.1) is 5.69 Å². The topological polar surface area (TPSA) is 80.5 Å².